The molecule has 1 amide bonds. The van der Waals surface area contributed by atoms with Crippen LogP contribution in [0, 0.1) is 0 Å². The van der Waals surface area contributed by atoms with Crippen molar-refractivity contribution in [3.05, 3.63) is 82.3 Å². The summed E-state index contributed by atoms with van der Waals surface area (Å²) in [6, 6.07) is 18.5. The molecule has 0 spiro atoms. The lowest BCUT2D eigenvalue weighted by atomic mass is 10.1. The van der Waals surface area contributed by atoms with Gasteiger partial charge in [-0.15, -0.1) is 11.8 Å². The molecule has 4 nitrogen and oxygen atoms in total. The molecule has 144 valence electrons. The summed E-state index contributed by atoms with van der Waals surface area (Å²) in [5, 5.41) is 0.426. The first-order valence-electron chi connectivity index (χ1n) is 8.07. The summed E-state index contributed by atoms with van der Waals surface area (Å²) in [5.41, 5.74) is 1.87. The number of nitrogens with one attached hydrogen (secondary N) is 1. The van der Waals surface area contributed by atoms with E-state index < -0.39 is 15.9 Å². The predicted octanol–water partition coefficient (Wildman–Crippen LogP) is 5.50. The molecule has 0 radical (unpaired) electrons. The molecule has 0 saturated carbocycles. The molecule has 0 fully saturated rings. The highest BCUT2D eigenvalue weighted by molar-refractivity contribution is 7.98. The number of sulfonamides is 1. The third kappa shape index (κ3) is 4.70. The number of carbonyl (C=O) groups is 1. The second kappa shape index (κ2) is 8.57. The smallest absolute Gasteiger partial charge is 0.266 e. The minimum atomic E-state index is -4.04. The summed E-state index contributed by atoms with van der Waals surface area (Å²) >= 11 is 13.4. The number of rotatable bonds is 5. The molecule has 0 aromatic heterocycles. The normalized spacial score (nSPS) is 11.2. The summed E-state index contributed by atoms with van der Waals surface area (Å²) in [6.07, 6.45) is 2.00. The zero-order valence-corrected chi connectivity index (χ0v) is 17.8. The Kier molecular flexibility index (Phi) is 6.35. The van der Waals surface area contributed by atoms with Gasteiger partial charge < -0.3 is 0 Å². The van der Waals surface area contributed by atoms with E-state index in [-0.39, 0.29) is 15.5 Å². The quantitative estimate of drug-likeness (QED) is 0.520. The molecule has 3 rings (SSSR count). The fourth-order valence-electron chi connectivity index (χ4n) is 2.52. The van der Waals surface area contributed by atoms with Crippen molar-refractivity contribution < 1.29 is 13.2 Å². The van der Waals surface area contributed by atoms with Gasteiger partial charge in [0.2, 0.25) is 0 Å². The molecule has 28 heavy (non-hydrogen) atoms. The van der Waals surface area contributed by atoms with Crippen LogP contribution in [-0.2, 0) is 10.0 Å². The minimum absolute atomic E-state index is 0.0181. The molecule has 0 aliphatic rings. The van der Waals surface area contributed by atoms with Crippen LogP contribution in [0.5, 0.6) is 0 Å². The Morgan fingerprint density at radius 1 is 0.893 bits per heavy atom. The van der Waals surface area contributed by atoms with Crippen LogP contribution in [-0.4, -0.2) is 20.6 Å². The largest absolute Gasteiger partial charge is 0.268 e. The summed E-state index contributed by atoms with van der Waals surface area (Å²) in [7, 11) is -4.04. The molecule has 3 aromatic carbocycles. The van der Waals surface area contributed by atoms with E-state index >= 15 is 0 Å². The number of hydrogen-bond donors (Lipinski definition) is 1. The van der Waals surface area contributed by atoms with E-state index in [2.05, 4.69) is 0 Å². The van der Waals surface area contributed by atoms with Gasteiger partial charge in [0.05, 0.1) is 15.5 Å². The number of thioether (sulfide) groups is 1. The van der Waals surface area contributed by atoms with E-state index in [0.29, 0.717) is 5.02 Å². The first kappa shape index (κ1) is 20.7. The van der Waals surface area contributed by atoms with Crippen LogP contribution in [0.4, 0.5) is 0 Å². The zero-order valence-electron chi connectivity index (χ0n) is 14.6. The zero-order chi connectivity index (χ0) is 20.3. The second-order valence-corrected chi connectivity index (χ2v) is 9.22. The van der Waals surface area contributed by atoms with Crippen LogP contribution >= 0.6 is 35.0 Å². The van der Waals surface area contributed by atoms with Crippen LogP contribution in [0.25, 0.3) is 11.1 Å². The minimum Gasteiger partial charge on any atom is -0.268 e. The number of amides is 1. The van der Waals surface area contributed by atoms with Crippen LogP contribution in [0.15, 0.2) is 76.5 Å². The number of halogens is 2. The van der Waals surface area contributed by atoms with Gasteiger partial charge in [0.15, 0.2) is 0 Å². The maximum atomic E-state index is 12.5. The van der Waals surface area contributed by atoms with Gasteiger partial charge in [-0.2, -0.15) is 0 Å². The van der Waals surface area contributed by atoms with E-state index in [1.54, 1.807) is 23.9 Å². The van der Waals surface area contributed by atoms with Crippen molar-refractivity contribution in [1.82, 2.24) is 4.72 Å². The lowest BCUT2D eigenvalue weighted by molar-refractivity contribution is 0.0981. The Morgan fingerprint density at radius 3 is 2.00 bits per heavy atom. The van der Waals surface area contributed by atoms with Gasteiger partial charge in [-0.3, -0.25) is 4.79 Å². The Morgan fingerprint density at radius 2 is 1.46 bits per heavy atom. The van der Waals surface area contributed by atoms with Crippen molar-refractivity contribution in [1.29, 1.82) is 0 Å². The lowest BCUT2D eigenvalue weighted by Crippen LogP contribution is -2.30. The summed E-state index contributed by atoms with van der Waals surface area (Å²) in [5.74, 6) is -0.821. The predicted molar refractivity (Wildman–Crippen MR) is 115 cm³/mol. The Labute approximate surface area is 177 Å². The lowest BCUT2D eigenvalue weighted by Gasteiger charge is -2.09. The van der Waals surface area contributed by atoms with Gasteiger partial charge >= 0.3 is 0 Å². The van der Waals surface area contributed by atoms with Gasteiger partial charge in [0.25, 0.3) is 15.9 Å². The third-order valence-corrected chi connectivity index (χ3v) is 6.63. The van der Waals surface area contributed by atoms with Crippen molar-refractivity contribution in [2.75, 3.05) is 6.26 Å². The average molecular weight is 452 g/mol. The van der Waals surface area contributed by atoms with Crippen LogP contribution in [0.2, 0.25) is 10.0 Å². The maximum Gasteiger partial charge on any atom is 0.266 e. The molecule has 0 aliphatic heterocycles. The molecule has 3 aromatic rings. The summed E-state index contributed by atoms with van der Waals surface area (Å²) in [6.45, 7) is 0. The maximum absolute atomic E-state index is 12.5. The van der Waals surface area contributed by atoms with Gasteiger partial charge in [-0.1, -0.05) is 47.5 Å². The highest BCUT2D eigenvalue weighted by atomic mass is 35.5. The fourth-order valence-corrected chi connectivity index (χ4v) is 4.39. The van der Waals surface area contributed by atoms with E-state index in [1.165, 1.54) is 30.3 Å². The van der Waals surface area contributed by atoms with Crippen molar-refractivity contribution in [2.45, 2.75) is 9.79 Å². The molecule has 8 heteroatoms. The fraction of sp³-hybridized carbons (Fsp3) is 0.0500. The van der Waals surface area contributed by atoms with Crippen LogP contribution in [0.1, 0.15) is 10.4 Å². The average Bonchev–Trinajstić information content (AvgIpc) is 2.67. The van der Waals surface area contributed by atoms with Crippen molar-refractivity contribution in [3.8, 4) is 11.1 Å². The van der Waals surface area contributed by atoms with E-state index in [4.69, 9.17) is 23.2 Å². The van der Waals surface area contributed by atoms with Gasteiger partial charge in [-0.25, -0.2) is 13.1 Å². The van der Waals surface area contributed by atoms with Gasteiger partial charge in [0.1, 0.15) is 0 Å². The van der Waals surface area contributed by atoms with Crippen LogP contribution in [0.3, 0.4) is 0 Å². The van der Waals surface area contributed by atoms with Crippen molar-refractivity contribution in [2.24, 2.45) is 0 Å². The van der Waals surface area contributed by atoms with Crippen molar-refractivity contribution >= 4 is 50.9 Å². The number of benzene rings is 3. The first-order valence-corrected chi connectivity index (χ1v) is 11.5. The highest BCUT2D eigenvalue weighted by Crippen LogP contribution is 2.25. The van der Waals surface area contributed by atoms with E-state index in [0.717, 1.165) is 16.0 Å². The van der Waals surface area contributed by atoms with Gasteiger partial charge in [0, 0.05) is 9.92 Å². The molecule has 0 unspecified atom stereocenters. The Bertz CT molecular complexity index is 1110. The highest BCUT2D eigenvalue weighted by Gasteiger charge is 2.20. The van der Waals surface area contributed by atoms with E-state index in [9.17, 15) is 13.2 Å². The molecule has 1 N–H and O–H groups in total. The monoisotopic (exact) mass is 451 g/mol. The topological polar surface area (TPSA) is 63.2 Å². The molecule has 0 heterocycles. The molecule has 0 aliphatic carbocycles. The van der Waals surface area contributed by atoms with Crippen LogP contribution < -0.4 is 4.72 Å². The second-order valence-electron chi connectivity index (χ2n) is 5.81. The Hall–Kier alpha value is -1.99. The molecular formula is C20H15Cl2NO3S2. The SMILES string of the molecule is CSc1ccc(-c2ccc(S(=O)(=O)NC(=O)c3ccc(Cl)cc3Cl)cc2)cc1. The third-order valence-electron chi connectivity index (χ3n) is 3.99. The number of hydrogen-bond acceptors (Lipinski definition) is 4. The van der Waals surface area contributed by atoms with Crippen molar-refractivity contribution in [3.63, 3.8) is 0 Å². The molecular weight excluding hydrogens is 437 g/mol. The molecule has 0 saturated heterocycles. The summed E-state index contributed by atoms with van der Waals surface area (Å²) in [4.78, 5) is 13.4. The first-order chi connectivity index (χ1) is 13.3. The Balaban J connectivity index is 1.80. The van der Waals surface area contributed by atoms with Gasteiger partial charge in [-0.05, 0) is 59.8 Å². The molecule has 0 bridgehead atoms. The number of carbonyl (C=O) groups excluding carboxylic acids is 1. The van der Waals surface area contributed by atoms with E-state index in [1.807, 2.05) is 35.2 Å². The molecule has 0 atom stereocenters. The summed E-state index contributed by atoms with van der Waals surface area (Å²) < 4.78 is 27.1. The standard InChI is InChI=1S/C20H15Cl2NO3S2/c1-27-16-7-2-13(3-8-16)14-4-9-17(10-5-14)28(25,26)23-20(24)18-11-6-15(21)12-19(18)22/h2-12H,1H3,(H,23,24).